The Balaban J connectivity index is 1.51. The molecular formula is C13H25N3. The van der Waals surface area contributed by atoms with Crippen LogP contribution in [0.25, 0.3) is 0 Å². The first-order chi connectivity index (χ1) is 7.67. The zero-order chi connectivity index (χ0) is 11.2. The van der Waals surface area contributed by atoms with E-state index in [1.54, 1.807) is 0 Å². The minimum atomic E-state index is 0.718. The Morgan fingerprint density at radius 1 is 0.938 bits per heavy atom. The van der Waals surface area contributed by atoms with Crippen LogP contribution in [0.4, 0.5) is 0 Å². The van der Waals surface area contributed by atoms with E-state index in [2.05, 4.69) is 28.8 Å². The van der Waals surface area contributed by atoms with Gasteiger partial charge in [-0.25, -0.2) is 0 Å². The second-order valence-corrected chi connectivity index (χ2v) is 6.41. The third-order valence-corrected chi connectivity index (χ3v) is 4.95. The van der Waals surface area contributed by atoms with Gasteiger partial charge in [0.25, 0.3) is 0 Å². The van der Waals surface area contributed by atoms with Gasteiger partial charge in [-0.1, -0.05) is 0 Å². The van der Waals surface area contributed by atoms with E-state index in [-0.39, 0.29) is 0 Å². The predicted molar refractivity (Wildman–Crippen MR) is 66.6 cm³/mol. The van der Waals surface area contributed by atoms with Crippen molar-refractivity contribution in [1.82, 2.24) is 14.7 Å². The first-order valence-corrected chi connectivity index (χ1v) is 6.78. The Hall–Kier alpha value is -0.120. The fraction of sp³-hybridized carbons (Fsp3) is 1.00. The van der Waals surface area contributed by atoms with E-state index in [0.717, 1.165) is 11.5 Å². The fourth-order valence-corrected chi connectivity index (χ4v) is 3.99. The fourth-order valence-electron chi connectivity index (χ4n) is 3.99. The molecule has 3 aliphatic heterocycles. The van der Waals surface area contributed by atoms with Crippen LogP contribution in [-0.2, 0) is 0 Å². The number of likely N-dealkylation sites (tertiary alicyclic amines) is 3. The molecule has 3 rings (SSSR count). The molecule has 3 nitrogen and oxygen atoms in total. The van der Waals surface area contributed by atoms with Crippen LogP contribution in [0.15, 0.2) is 0 Å². The molecular weight excluding hydrogens is 198 g/mol. The van der Waals surface area contributed by atoms with Gasteiger partial charge in [-0.05, 0) is 58.4 Å². The molecule has 0 radical (unpaired) electrons. The Kier molecular flexibility index (Phi) is 2.73. The summed E-state index contributed by atoms with van der Waals surface area (Å²) in [5, 5.41) is 0. The van der Waals surface area contributed by atoms with Crippen LogP contribution >= 0.6 is 0 Å². The molecule has 0 aliphatic carbocycles. The summed E-state index contributed by atoms with van der Waals surface area (Å²) >= 11 is 0. The molecule has 0 amide bonds. The van der Waals surface area contributed by atoms with Crippen molar-refractivity contribution < 1.29 is 0 Å². The van der Waals surface area contributed by atoms with Crippen LogP contribution in [0.2, 0.25) is 0 Å². The standard InChI is InChI=1S/C13H25N3/c1-14-6-3-12(9-14)16-7-4-13(5-8-16)10-15(2)11-13/h12H,3-11H2,1-2H3. The molecule has 3 heteroatoms. The zero-order valence-corrected chi connectivity index (χ0v) is 10.8. The van der Waals surface area contributed by atoms with Gasteiger partial charge in [-0.15, -0.1) is 0 Å². The summed E-state index contributed by atoms with van der Waals surface area (Å²) in [5.74, 6) is 0. The van der Waals surface area contributed by atoms with Crippen molar-refractivity contribution >= 4 is 0 Å². The molecule has 0 N–H and O–H groups in total. The molecule has 3 heterocycles. The van der Waals surface area contributed by atoms with Gasteiger partial charge in [0, 0.05) is 25.7 Å². The van der Waals surface area contributed by atoms with Crippen LogP contribution in [0, 0.1) is 5.41 Å². The van der Waals surface area contributed by atoms with Gasteiger partial charge < -0.3 is 9.80 Å². The second-order valence-electron chi connectivity index (χ2n) is 6.41. The summed E-state index contributed by atoms with van der Waals surface area (Å²) < 4.78 is 0. The lowest BCUT2D eigenvalue weighted by atomic mass is 9.72. The number of nitrogens with zero attached hydrogens (tertiary/aromatic N) is 3. The van der Waals surface area contributed by atoms with E-state index in [1.165, 1.54) is 58.5 Å². The summed E-state index contributed by atoms with van der Waals surface area (Å²) in [6, 6.07) is 0.861. The maximum atomic E-state index is 2.76. The molecule has 16 heavy (non-hydrogen) atoms. The third-order valence-electron chi connectivity index (χ3n) is 4.95. The lowest BCUT2D eigenvalue weighted by Crippen LogP contribution is -2.59. The van der Waals surface area contributed by atoms with Gasteiger partial charge >= 0.3 is 0 Å². The van der Waals surface area contributed by atoms with Gasteiger partial charge in [0.05, 0.1) is 0 Å². The highest BCUT2D eigenvalue weighted by Gasteiger charge is 2.44. The highest BCUT2D eigenvalue weighted by molar-refractivity contribution is 4.98. The van der Waals surface area contributed by atoms with Gasteiger partial charge in [-0.2, -0.15) is 0 Å². The molecule has 0 aromatic rings. The molecule has 0 saturated carbocycles. The predicted octanol–water partition coefficient (Wildman–Crippen LogP) is 0.718. The van der Waals surface area contributed by atoms with Gasteiger partial charge in [0.2, 0.25) is 0 Å². The number of rotatable bonds is 1. The number of hydrogen-bond donors (Lipinski definition) is 0. The Morgan fingerprint density at radius 2 is 1.62 bits per heavy atom. The second kappa shape index (κ2) is 3.97. The Labute approximate surface area is 99.4 Å². The topological polar surface area (TPSA) is 9.72 Å². The maximum absolute atomic E-state index is 2.76. The molecule has 0 bridgehead atoms. The number of hydrogen-bond acceptors (Lipinski definition) is 3. The first kappa shape index (κ1) is 11.0. The molecule has 1 atom stereocenters. The van der Waals surface area contributed by atoms with Gasteiger partial charge in [0.15, 0.2) is 0 Å². The monoisotopic (exact) mass is 223 g/mol. The largest absolute Gasteiger partial charge is 0.305 e. The van der Waals surface area contributed by atoms with Crippen molar-refractivity contribution in [3.05, 3.63) is 0 Å². The van der Waals surface area contributed by atoms with Gasteiger partial charge in [0.1, 0.15) is 0 Å². The van der Waals surface area contributed by atoms with E-state index in [9.17, 15) is 0 Å². The van der Waals surface area contributed by atoms with Crippen molar-refractivity contribution in [3.8, 4) is 0 Å². The van der Waals surface area contributed by atoms with Crippen LogP contribution in [0.3, 0.4) is 0 Å². The van der Waals surface area contributed by atoms with Crippen molar-refractivity contribution in [2.75, 3.05) is 53.4 Å². The Bertz CT molecular complexity index is 250. The smallest absolute Gasteiger partial charge is 0.0235 e. The lowest BCUT2D eigenvalue weighted by molar-refractivity contribution is -0.0389. The van der Waals surface area contributed by atoms with E-state index in [0.29, 0.717) is 0 Å². The minimum Gasteiger partial charge on any atom is -0.305 e. The van der Waals surface area contributed by atoms with Crippen molar-refractivity contribution in [3.63, 3.8) is 0 Å². The van der Waals surface area contributed by atoms with Crippen molar-refractivity contribution in [2.24, 2.45) is 5.41 Å². The highest BCUT2D eigenvalue weighted by atomic mass is 15.3. The quantitative estimate of drug-likeness (QED) is 0.648. The SMILES string of the molecule is CN1CCC(N2CCC3(CC2)CN(C)C3)C1. The van der Waals surface area contributed by atoms with Crippen LogP contribution in [0.1, 0.15) is 19.3 Å². The lowest BCUT2D eigenvalue weighted by Gasteiger charge is -2.53. The minimum absolute atomic E-state index is 0.718. The van der Waals surface area contributed by atoms with E-state index in [4.69, 9.17) is 0 Å². The van der Waals surface area contributed by atoms with E-state index < -0.39 is 0 Å². The summed E-state index contributed by atoms with van der Waals surface area (Å²) in [4.78, 5) is 7.71. The average molecular weight is 223 g/mol. The molecule has 3 aliphatic rings. The molecule has 3 saturated heterocycles. The van der Waals surface area contributed by atoms with Crippen LogP contribution < -0.4 is 0 Å². The summed E-state index contributed by atoms with van der Waals surface area (Å²) in [6.45, 7) is 8.01. The van der Waals surface area contributed by atoms with Crippen molar-refractivity contribution in [1.29, 1.82) is 0 Å². The van der Waals surface area contributed by atoms with Crippen molar-refractivity contribution in [2.45, 2.75) is 25.3 Å². The summed E-state index contributed by atoms with van der Waals surface area (Å²) in [5.41, 5.74) is 0.718. The molecule has 1 unspecified atom stereocenters. The third kappa shape index (κ3) is 1.89. The first-order valence-electron chi connectivity index (χ1n) is 6.78. The molecule has 0 aromatic carbocycles. The van der Waals surface area contributed by atoms with Gasteiger partial charge in [-0.3, -0.25) is 4.90 Å². The Morgan fingerprint density at radius 3 is 2.12 bits per heavy atom. The van der Waals surface area contributed by atoms with E-state index in [1.807, 2.05) is 0 Å². The normalized spacial score (nSPS) is 36.8. The van der Waals surface area contributed by atoms with E-state index >= 15 is 0 Å². The van der Waals surface area contributed by atoms with Crippen LogP contribution in [-0.4, -0.2) is 74.1 Å². The molecule has 1 spiro atoms. The number of piperidine rings is 1. The van der Waals surface area contributed by atoms with Crippen LogP contribution in [0.5, 0.6) is 0 Å². The molecule has 3 fully saturated rings. The average Bonchev–Trinajstić information content (AvgIpc) is 2.64. The zero-order valence-electron chi connectivity index (χ0n) is 10.8. The number of likely N-dealkylation sites (N-methyl/N-ethyl adjacent to an activating group) is 1. The summed E-state index contributed by atoms with van der Waals surface area (Å²) in [6.07, 6.45) is 4.28. The maximum Gasteiger partial charge on any atom is 0.0235 e. The molecule has 0 aromatic heterocycles. The summed E-state index contributed by atoms with van der Waals surface area (Å²) in [7, 11) is 4.51. The highest BCUT2D eigenvalue weighted by Crippen LogP contribution is 2.40. The molecule has 92 valence electrons.